The summed E-state index contributed by atoms with van der Waals surface area (Å²) < 4.78 is 0. The first-order chi connectivity index (χ1) is 10.1. The molecule has 0 saturated carbocycles. The molecular formula is C13H19N5O3. The lowest BCUT2D eigenvalue weighted by Gasteiger charge is -2.39. The monoisotopic (exact) mass is 293 g/mol. The van der Waals surface area contributed by atoms with Crippen molar-refractivity contribution in [2.45, 2.75) is 32.6 Å². The molecule has 0 aromatic carbocycles. The van der Waals surface area contributed by atoms with Gasteiger partial charge in [-0.25, -0.2) is 9.78 Å². The third-order valence-corrected chi connectivity index (χ3v) is 3.75. The van der Waals surface area contributed by atoms with Gasteiger partial charge in [-0.3, -0.25) is 10.1 Å². The molecule has 2 amide bonds. The van der Waals surface area contributed by atoms with Crippen molar-refractivity contribution in [1.29, 1.82) is 0 Å². The summed E-state index contributed by atoms with van der Waals surface area (Å²) in [5.74, 6) is -0.719. The van der Waals surface area contributed by atoms with Crippen LogP contribution >= 0.6 is 0 Å². The molecule has 1 aromatic rings. The Labute approximate surface area is 122 Å². The average Bonchev–Trinajstić information content (AvgIpc) is 2.48. The van der Waals surface area contributed by atoms with Gasteiger partial charge in [0.2, 0.25) is 0 Å². The minimum atomic E-state index is -0.847. The molecule has 114 valence electrons. The van der Waals surface area contributed by atoms with E-state index in [0.717, 1.165) is 6.42 Å². The van der Waals surface area contributed by atoms with Crippen LogP contribution in [0.15, 0.2) is 12.4 Å². The van der Waals surface area contributed by atoms with Gasteiger partial charge in [-0.05, 0) is 19.3 Å². The number of aromatic nitrogens is 3. The molecule has 0 bridgehead atoms. The van der Waals surface area contributed by atoms with Crippen LogP contribution in [0.4, 0.5) is 10.7 Å². The Morgan fingerprint density at radius 1 is 1.48 bits per heavy atom. The summed E-state index contributed by atoms with van der Waals surface area (Å²) in [4.78, 5) is 29.2. The molecule has 2 N–H and O–H groups in total. The van der Waals surface area contributed by atoms with Crippen LogP contribution in [0.2, 0.25) is 0 Å². The Morgan fingerprint density at radius 2 is 2.29 bits per heavy atom. The number of aliphatic carboxylic acids is 1. The third-order valence-electron chi connectivity index (χ3n) is 3.75. The van der Waals surface area contributed by atoms with Gasteiger partial charge in [0.05, 0.1) is 17.8 Å². The molecular weight excluding hydrogens is 274 g/mol. The molecule has 8 nitrogen and oxygen atoms in total. The lowest BCUT2D eigenvalue weighted by Crippen LogP contribution is -2.51. The van der Waals surface area contributed by atoms with Gasteiger partial charge in [0, 0.05) is 13.1 Å². The number of carboxylic acids is 1. The van der Waals surface area contributed by atoms with Crippen LogP contribution in [0, 0.1) is 5.41 Å². The molecule has 1 aromatic heterocycles. The Balaban J connectivity index is 2.06. The van der Waals surface area contributed by atoms with E-state index in [1.165, 1.54) is 17.3 Å². The van der Waals surface area contributed by atoms with Crippen molar-refractivity contribution in [3.63, 3.8) is 0 Å². The number of anilines is 1. The molecule has 1 aliphatic heterocycles. The van der Waals surface area contributed by atoms with Gasteiger partial charge in [-0.15, -0.1) is 5.10 Å². The predicted octanol–water partition coefficient (Wildman–Crippen LogP) is 1.37. The molecule has 1 unspecified atom stereocenters. The number of carbonyl (C=O) groups excluding carboxylic acids is 1. The third kappa shape index (κ3) is 3.45. The van der Waals surface area contributed by atoms with Gasteiger partial charge in [0.25, 0.3) is 5.95 Å². The molecule has 2 heterocycles. The summed E-state index contributed by atoms with van der Waals surface area (Å²) in [6.07, 6.45) is 5.45. The molecule has 1 atom stereocenters. The van der Waals surface area contributed by atoms with E-state index in [9.17, 15) is 14.7 Å². The zero-order valence-electron chi connectivity index (χ0n) is 11.9. The van der Waals surface area contributed by atoms with Crippen LogP contribution in [0.25, 0.3) is 0 Å². The zero-order valence-corrected chi connectivity index (χ0v) is 11.9. The van der Waals surface area contributed by atoms with Crippen molar-refractivity contribution in [3.05, 3.63) is 12.4 Å². The van der Waals surface area contributed by atoms with E-state index < -0.39 is 11.4 Å². The van der Waals surface area contributed by atoms with Crippen LogP contribution in [0.5, 0.6) is 0 Å². The second-order valence-electron chi connectivity index (χ2n) is 5.26. The summed E-state index contributed by atoms with van der Waals surface area (Å²) in [6, 6.07) is -0.385. The Bertz CT molecular complexity index is 506. The van der Waals surface area contributed by atoms with Gasteiger partial charge in [-0.1, -0.05) is 13.3 Å². The van der Waals surface area contributed by atoms with Gasteiger partial charge < -0.3 is 10.0 Å². The van der Waals surface area contributed by atoms with Crippen molar-refractivity contribution < 1.29 is 14.7 Å². The number of hydrogen-bond acceptors (Lipinski definition) is 5. The second kappa shape index (κ2) is 6.47. The van der Waals surface area contributed by atoms with E-state index in [1.54, 1.807) is 0 Å². The normalized spacial score (nSPS) is 21.9. The Hall–Kier alpha value is -2.25. The van der Waals surface area contributed by atoms with Crippen LogP contribution in [0.1, 0.15) is 32.6 Å². The van der Waals surface area contributed by atoms with Gasteiger partial charge in [0.15, 0.2) is 0 Å². The maximum absolute atomic E-state index is 12.2. The van der Waals surface area contributed by atoms with Crippen molar-refractivity contribution in [3.8, 4) is 0 Å². The lowest BCUT2D eigenvalue weighted by molar-refractivity contribution is -0.152. The summed E-state index contributed by atoms with van der Waals surface area (Å²) in [6.45, 7) is 2.69. The van der Waals surface area contributed by atoms with E-state index >= 15 is 0 Å². The first-order valence-corrected chi connectivity index (χ1v) is 7.00. The van der Waals surface area contributed by atoms with Crippen molar-refractivity contribution in [2.24, 2.45) is 5.41 Å². The molecule has 1 aliphatic rings. The highest BCUT2D eigenvalue weighted by Crippen LogP contribution is 2.35. The lowest BCUT2D eigenvalue weighted by atomic mass is 9.76. The number of rotatable bonds is 4. The molecule has 2 rings (SSSR count). The van der Waals surface area contributed by atoms with Crippen LogP contribution in [-0.2, 0) is 4.79 Å². The smallest absolute Gasteiger partial charge is 0.324 e. The highest BCUT2D eigenvalue weighted by molar-refractivity contribution is 5.88. The predicted molar refractivity (Wildman–Crippen MR) is 74.6 cm³/mol. The van der Waals surface area contributed by atoms with Crippen LogP contribution in [-0.4, -0.2) is 50.3 Å². The van der Waals surface area contributed by atoms with E-state index in [2.05, 4.69) is 20.5 Å². The number of likely N-dealkylation sites (tertiary alicyclic amines) is 1. The van der Waals surface area contributed by atoms with Crippen LogP contribution in [0.3, 0.4) is 0 Å². The standard InChI is InChI=1S/C13H19N5O3/c1-2-4-13(10(19)20)5-3-8-18(9-13)12(21)16-11-14-6-7-15-17-11/h6-7H,2-5,8-9H2,1H3,(H,19,20)(H,14,16,17,21). The summed E-state index contributed by atoms with van der Waals surface area (Å²) in [5.41, 5.74) is -0.847. The molecule has 1 saturated heterocycles. The number of carbonyl (C=O) groups is 2. The fourth-order valence-corrected chi connectivity index (χ4v) is 2.75. The average molecular weight is 293 g/mol. The van der Waals surface area contributed by atoms with Crippen molar-refractivity contribution in [2.75, 3.05) is 18.4 Å². The second-order valence-corrected chi connectivity index (χ2v) is 5.26. The quantitative estimate of drug-likeness (QED) is 0.868. The van der Waals surface area contributed by atoms with Gasteiger partial charge >= 0.3 is 12.0 Å². The number of carboxylic acid groups (broad SMARTS) is 1. The number of amides is 2. The fraction of sp³-hybridized carbons (Fsp3) is 0.615. The Morgan fingerprint density at radius 3 is 2.90 bits per heavy atom. The molecule has 1 fully saturated rings. The molecule has 0 aliphatic carbocycles. The zero-order chi connectivity index (χ0) is 15.3. The van der Waals surface area contributed by atoms with E-state index in [1.807, 2.05) is 6.92 Å². The van der Waals surface area contributed by atoms with Crippen LogP contribution < -0.4 is 5.32 Å². The fourth-order valence-electron chi connectivity index (χ4n) is 2.75. The van der Waals surface area contributed by atoms with Gasteiger partial charge in [0.1, 0.15) is 0 Å². The topological polar surface area (TPSA) is 108 Å². The highest BCUT2D eigenvalue weighted by Gasteiger charge is 2.42. The minimum absolute atomic E-state index is 0.115. The first kappa shape index (κ1) is 15.1. The SMILES string of the molecule is CCCC1(C(=O)O)CCCN(C(=O)Nc2nccnn2)C1. The largest absolute Gasteiger partial charge is 0.481 e. The number of nitrogens with one attached hydrogen (secondary N) is 1. The first-order valence-electron chi connectivity index (χ1n) is 7.00. The number of nitrogens with zero attached hydrogens (tertiary/aromatic N) is 4. The van der Waals surface area contributed by atoms with Crippen molar-refractivity contribution in [1.82, 2.24) is 20.1 Å². The van der Waals surface area contributed by atoms with Crippen molar-refractivity contribution >= 4 is 17.9 Å². The maximum Gasteiger partial charge on any atom is 0.324 e. The number of hydrogen-bond donors (Lipinski definition) is 2. The summed E-state index contributed by atoms with van der Waals surface area (Å²) >= 11 is 0. The molecule has 21 heavy (non-hydrogen) atoms. The maximum atomic E-state index is 12.2. The molecule has 8 heteroatoms. The molecule has 0 radical (unpaired) electrons. The number of urea groups is 1. The van der Waals surface area contributed by atoms with E-state index in [4.69, 9.17) is 0 Å². The highest BCUT2D eigenvalue weighted by atomic mass is 16.4. The van der Waals surface area contributed by atoms with Gasteiger partial charge in [-0.2, -0.15) is 5.10 Å². The summed E-state index contributed by atoms with van der Waals surface area (Å²) in [7, 11) is 0. The Kier molecular flexibility index (Phi) is 4.66. The minimum Gasteiger partial charge on any atom is -0.481 e. The van der Waals surface area contributed by atoms with E-state index in [-0.39, 0.29) is 18.5 Å². The van der Waals surface area contributed by atoms with E-state index in [0.29, 0.717) is 25.8 Å². The number of piperidine rings is 1. The molecule has 0 spiro atoms. The summed E-state index contributed by atoms with van der Waals surface area (Å²) in [5, 5.41) is 19.4.